The largest absolute Gasteiger partial charge is 0.478 e. The number of oxazole rings is 1. The molecule has 0 saturated carbocycles. The summed E-state index contributed by atoms with van der Waals surface area (Å²) in [6, 6.07) is 8.16. The molecule has 3 aromatic rings. The molecule has 0 aliphatic heterocycles. The minimum Gasteiger partial charge on any atom is -0.478 e. The van der Waals surface area contributed by atoms with Gasteiger partial charge in [-0.25, -0.2) is 9.78 Å². The molecular formula is C13H8N2O3. The second-order valence-corrected chi connectivity index (χ2v) is 3.74. The number of benzene rings is 1. The molecule has 0 bridgehead atoms. The lowest BCUT2D eigenvalue weighted by molar-refractivity contribution is 0.0697. The molecule has 0 amide bonds. The number of carbonyl (C=O) groups is 1. The van der Waals surface area contributed by atoms with Crippen molar-refractivity contribution in [3.8, 4) is 11.5 Å². The highest BCUT2D eigenvalue weighted by Crippen LogP contribution is 2.24. The highest BCUT2D eigenvalue weighted by molar-refractivity contribution is 5.92. The van der Waals surface area contributed by atoms with Crippen molar-refractivity contribution in [1.29, 1.82) is 0 Å². The minimum absolute atomic E-state index is 0.180. The van der Waals surface area contributed by atoms with Crippen molar-refractivity contribution in [3.05, 3.63) is 48.3 Å². The van der Waals surface area contributed by atoms with E-state index in [1.54, 1.807) is 30.6 Å². The van der Waals surface area contributed by atoms with E-state index in [-0.39, 0.29) is 5.56 Å². The molecule has 2 heterocycles. The summed E-state index contributed by atoms with van der Waals surface area (Å²) in [5.41, 5.74) is 2.08. The molecule has 88 valence electrons. The first-order valence-corrected chi connectivity index (χ1v) is 5.28. The van der Waals surface area contributed by atoms with E-state index in [0.717, 1.165) is 5.56 Å². The van der Waals surface area contributed by atoms with Gasteiger partial charge in [0.25, 0.3) is 0 Å². The number of fused-ring (bicyclic) bond motifs is 1. The zero-order chi connectivity index (χ0) is 12.5. The van der Waals surface area contributed by atoms with Crippen molar-refractivity contribution < 1.29 is 14.3 Å². The Morgan fingerprint density at radius 1 is 1.17 bits per heavy atom. The lowest BCUT2D eigenvalue weighted by Crippen LogP contribution is -1.94. The van der Waals surface area contributed by atoms with Gasteiger partial charge in [0.2, 0.25) is 5.89 Å². The van der Waals surface area contributed by atoms with Crippen LogP contribution in [0.4, 0.5) is 0 Å². The van der Waals surface area contributed by atoms with Crippen LogP contribution >= 0.6 is 0 Å². The first-order chi connectivity index (χ1) is 8.74. The first-order valence-electron chi connectivity index (χ1n) is 5.28. The van der Waals surface area contributed by atoms with Gasteiger partial charge in [-0.2, -0.15) is 0 Å². The Bertz CT molecular complexity index is 719. The second-order valence-electron chi connectivity index (χ2n) is 3.74. The molecule has 0 radical (unpaired) electrons. The number of pyridine rings is 1. The number of carboxylic acid groups (broad SMARTS) is 1. The van der Waals surface area contributed by atoms with Crippen molar-refractivity contribution >= 4 is 17.1 Å². The topological polar surface area (TPSA) is 76.2 Å². The fourth-order valence-electron chi connectivity index (χ4n) is 1.68. The summed E-state index contributed by atoms with van der Waals surface area (Å²) in [5, 5.41) is 8.90. The molecule has 0 fully saturated rings. The van der Waals surface area contributed by atoms with Crippen LogP contribution in [0.3, 0.4) is 0 Å². The first kappa shape index (κ1) is 10.5. The number of hydrogen-bond donors (Lipinski definition) is 1. The van der Waals surface area contributed by atoms with Crippen molar-refractivity contribution in [3.63, 3.8) is 0 Å². The zero-order valence-electron chi connectivity index (χ0n) is 9.20. The zero-order valence-corrected chi connectivity index (χ0v) is 9.20. The normalized spacial score (nSPS) is 10.7. The maximum Gasteiger partial charge on any atom is 0.335 e. The van der Waals surface area contributed by atoms with Crippen LogP contribution in [0.2, 0.25) is 0 Å². The predicted molar refractivity (Wildman–Crippen MR) is 64.2 cm³/mol. The molecule has 3 rings (SSSR count). The van der Waals surface area contributed by atoms with Crippen LogP contribution in [0.5, 0.6) is 0 Å². The van der Waals surface area contributed by atoms with Crippen LogP contribution < -0.4 is 0 Å². The fourth-order valence-corrected chi connectivity index (χ4v) is 1.68. The molecule has 0 aliphatic carbocycles. The summed E-state index contributed by atoms with van der Waals surface area (Å²) in [6.07, 6.45) is 3.29. The molecule has 0 aliphatic rings. The van der Waals surface area contributed by atoms with E-state index >= 15 is 0 Å². The van der Waals surface area contributed by atoms with Crippen LogP contribution in [-0.4, -0.2) is 21.0 Å². The Kier molecular flexibility index (Phi) is 2.30. The number of carboxylic acids is 1. The van der Waals surface area contributed by atoms with Crippen molar-refractivity contribution in [2.24, 2.45) is 0 Å². The predicted octanol–water partition coefficient (Wildman–Crippen LogP) is 2.59. The van der Waals surface area contributed by atoms with Crippen LogP contribution in [0.25, 0.3) is 22.6 Å². The molecule has 0 atom stereocenters. The third kappa shape index (κ3) is 1.71. The molecule has 0 saturated heterocycles. The van der Waals surface area contributed by atoms with E-state index < -0.39 is 5.97 Å². The van der Waals surface area contributed by atoms with Crippen molar-refractivity contribution in [2.75, 3.05) is 0 Å². The van der Waals surface area contributed by atoms with E-state index in [1.807, 2.05) is 0 Å². The van der Waals surface area contributed by atoms with Gasteiger partial charge >= 0.3 is 5.97 Å². The number of aromatic carboxylic acids is 1. The molecular weight excluding hydrogens is 232 g/mol. The third-order valence-corrected chi connectivity index (χ3v) is 2.56. The quantitative estimate of drug-likeness (QED) is 0.745. The maximum atomic E-state index is 10.9. The Balaban J connectivity index is 2.14. The summed E-state index contributed by atoms with van der Waals surface area (Å²) in [4.78, 5) is 19.1. The van der Waals surface area contributed by atoms with E-state index in [0.29, 0.717) is 17.0 Å². The Hall–Kier alpha value is -2.69. The summed E-state index contributed by atoms with van der Waals surface area (Å²) in [7, 11) is 0. The standard InChI is InChI=1S/C13H8N2O3/c16-13(17)9-1-2-10-11(7-9)18-12(15-10)8-3-5-14-6-4-8/h1-7H,(H,16,17). The Labute approximate surface area is 102 Å². The van der Waals surface area contributed by atoms with Crippen molar-refractivity contribution in [2.45, 2.75) is 0 Å². The second kappa shape index (κ2) is 3.96. The molecule has 1 N–H and O–H groups in total. The van der Waals surface area contributed by atoms with Gasteiger partial charge in [0, 0.05) is 18.0 Å². The lowest BCUT2D eigenvalue weighted by Gasteiger charge is -1.92. The molecule has 2 aromatic heterocycles. The van der Waals surface area contributed by atoms with Gasteiger partial charge in [0.05, 0.1) is 5.56 Å². The maximum absolute atomic E-state index is 10.9. The summed E-state index contributed by atoms with van der Waals surface area (Å²) < 4.78 is 5.54. The highest BCUT2D eigenvalue weighted by Gasteiger charge is 2.10. The van der Waals surface area contributed by atoms with Gasteiger partial charge in [0.15, 0.2) is 5.58 Å². The molecule has 1 aromatic carbocycles. The number of rotatable bonds is 2. The Morgan fingerprint density at radius 3 is 2.67 bits per heavy atom. The summed E-state index contributed by atoms with van der Waals surface area (Å²) in [6.45, 7) is 0. The minimum atomic E-state index is -0.987. The van der Waals surface area contributed by atoms with Crippen LogP contribution in [0, 0.1) is 0 Å². The molecule has 5 heteroatoms. The van der Waals surface area contributed by atoms with Crippen LogP contribution in [0.1, 0.15) is 10.4 Å². The summed E-state index contributed by atoms with van der Waals surface area (Å²) >= 11 is 0. The van der Waals surface area contributed by atoms with Gasteiger partial charge in [0.1, 0.15) is 5.52 Å². The molecule has 18 heavy (non-hydrogen) atoms. The van der Waals surface area contributed by atoms with Crippen LogP contribution in [-0.2, 0) is 0 Å². The third-order valence-electron chi connectivity index (χ3n) is 2.56. The molecule has 5 nitrogen and oxygen atoms in total. The van der Waals surface area contributed by atoms with Gasteiger partial charge in [-0.3, -0.25) is 4.98 Å². The molecule has 0 unspecified atom stereocenters. The van der Waals surface area contributed by atoms with Crippen LogP contribution in [0.15, 0.2) is 47.1 Å². The number of nitrogens with zero attached hydrogens (tertiary/aromatic N) is 2. The van der Waals surface area contributed by atoms with E-state index in [9.17, 15) is 4.79 Å². The lowest BCUT2D eigenvalue weighted by atomic mass is 10.2. The van der Waals surface area contributed by atoms with E-state index in [1.165, 1.54) is 12.1 Å². The molecule has 0 spiro atoms. The number of aromatic nitrogens is 2. The fraction of sp³-hybridized carbons (Fsp3) is 0. The highest BCUT2D eigenvalue weighted by atomic mass is 16.4. The van der Waals surface area contributed by atoms with Gasteiger partial charge in [-0.1, -0.05) is 0 Å². The van der Waals surface area contributed by atoms with E-state index in [4.69, 9.17) is 9.52 Å². The SMILES string of the molecule is O=C(O)c1ccc2nc(-c3ccncc3)oc2c1. The average Bonchev–Trinajstić information content (AvgIpc) is 2.82. The Morgan fingerprint density at radius 2 is 1.94 bits per heavy atom. The number of hydrogen-bond acceptors (Lipinski definition) is 4. The monoisotopic (exact) mass is 240 g/mol. The van der Waals surface area contributed by atoms with Gasteiger partial charge < -0.3 is 9.52 Å². The average molecular weight is 240 g/mol. The van der Waals surface area contributed by atoms with E-state index in [2.05, 4.69) is 9.97 Å². The summed E-state index contributed by atoms with van der Waals surface area (Å²) in [5.74, 6) is -0.534. The smallest absolute Gasteiger partial charge is 0.335 e. The van der Waals surface area contributed by atoms with Gasteiger partial charge in [-0.05, 0) is 30.3 Å². The van der Waals surface area contributed by atoms with Gasteiger partial charge in [-0.15, -0.1) is 0 Å². The van der Waals surface area contributed by atoms with Crippen molar-refractivity contribution in [1.82, 2.24) is 9.97 Å².